The number of hydrogen-bond acceptors (Lipinski definition) is 4. The fourth-order valence-electron chi connectivity index (χ4n) is 1.74. The number of carboxylic acid groups (broad SMARTS) is 1. The monoisotopic (exact) mass is 338 g/mol. The van der Waals surface area contributed by atoms with Gasteiger partial charge in [0, 0.05) is 10.9 Å². The molecule has 1 aromatic heterocycles. The third-order valence-electron chi connectivity index (χ3n) is 2.65. The SMILES string of the molecule is O=C(O)Cc1nc(Cc2ccccc2Br)[nH]c(=O)c1O. The molecule has 2 aromatic rings. The van der Waals surface area contributed by atoms with Crippen molar-refractivity contribution in [1.82, 2.24) is 9.97 Å². The molecule has 0 aliphatic rings. The Balaban J connectivity index is 2.38. The highest BCUT2D eigenvalue weighted by atomic mass is 79.9. The summed E-state index contributed by atoms with van der Waals surface area (Å²) in [7, 11) is 0. The molecule has 0 fully saturated rings. The second-order valence-corrected chi connectivity index (χ2v) is 5.00. The number of aromatic nitrogens is 2. The highest BCUT2D eigenvalue weighted by Gasteiger charge is 2.14. The molecule has 0 aliphatic carbocycles. The van der Waals surface area contributed by atoms with Crippen LogP contribution < -0.4 is 5.56 Å². The largest absolute Gasteiger partial charge is 0.502 e. The maximum Gasteiger partial charge on any atom is 0.309 e. The van der Waals surface area contributed by atoms with E-state index in [1.54, 1.807) is 0 Å². The van der Waals surface area contributed by atoms with E-state index in [4.69, 9.17) is 5.11 Å². The first-order valence-electron chi connectivity index (χ1n) is 5.73. The van der Waals surface area contributed by atoms with Crippen molar-refractivity contribution < 1.29 is 15.0 Å². The zero-order valence-corrected chi connectivity index (χ0v) is 11.8. The third kappa shape index (κ3) is 3.24. The first-order valence-corrected chi connectivity index (χ1v) is 6.53. The van der Waals surface area contributed by atoms with Crippen LogP contribution in [0, 0.1) is 0 Å². The number of halogens is 1. The minimum atomic E-state index is -1.16. The van der Waals surface area contributed by atoms with Crippen molar-refractivity contribution in [3.63, 3.8) is 0 Å². The standard InChI is InChI=1S/C13H11BrN2O4/c14-8-4-2-1-3-7(8)5-10-15-9(6-11(17)18)12(19)13(20)16-10/h1-4,19H,5-6H2,(H,17,18)(H,15,16,20). The van der Waals surface area contributed by atoms with Gasteiger partial charge in [-0.3, -0.25) is 9.59 Å². The summed E-state index contributed by atoms with van der Waals surface area (Å²) in [5, 5.41) is 18.2. The van der Waals surface area contributed by atoms with Crippen LogP contribution in [0.2, 0.25) is 0 Å². The molecule has 2 rings (SSSR count). The Kier molecular flexibility index (Phi) is 4.19. The minimum Gasteiger partial charge on any atom is -0.502 e. The van der Waals surface area contributed by atoms with Gasteiger partial charge in [-0.1, -0.05) is 34.1 Å². The van der Waals surface area contributed by atoms with E-state index in [1.807, 2.05) is 24.3 Å². The summed E-state index contributed by atoms with van der Waals surface area (Å²) in [5.74, 6) is -1.51. The molecule has 0 amide bonds. The van der Waals surface area contributed by atoms with Crippen molar-refractivity contribution in [2.45, 2.75) is 12.8 Å². The summed E-state index contributed by atoms with van der Waals surface area (Å²) >= 11 is 3.38. The average Bonchev–Trinajstić information content (AvgIpc) is 2.37. The normalized spacial score (nSPS) is 10.4. The van der Waals surface area contributed by atoms with Crippen molar-refractivity contribution >= 4 is 21.9 Å². The molecule has 0 unspecified atom stereocenters. The van der Waals surface area contributed by atoms with Gasteiger partial charge in [-0.2, -0.15) is 0 Å². The number of hydrogen-bond donors (Lipinski definition) is 3. The molecule has 20 heavy (non-hydrogen) atoms. The molecule has 0 aliphatic heterocycles. The zero-order valence-electron chi connectivity index (χ0n) is 10.3. The molecule has 104 valence electrons. The number of nitrogens with one attached hydrogen (secondary N) is 1. The lowest BCUT2D eigenvalue weighted by molar-refractivity contribution is -0.136. The summed E-state index contributed by atoms with van der Waals surface area (Å²) in [6.07, 6.45) is -0.178. The molecule has 7 heteroatoms. The van der Waals surface area contributed by atoms with Gasteiger partial charge in [0.25, 0.3) is 5.56 Å². The number of carboxylic acids is 1. The third-order valence-corrected chi connectivity index (χ3v) is 3.42. The number of rotatable bonds is 4. The van der Waals surface area contributed by atoms with E-state index >= 15 is 0 Å². The number of aromatic hydroxyl groups is 1. The van der Waals surface area contributed by atoms with E-state index in [9.17, 15) is 14.7 Å². The van der Waals surface area contributed by atoms with Gasteiger partial charge in [-0.15, -0.1) is 0 Å². The number of nitrogens with zero attached hydrogens (tertiary/aromatic N) is 1. The number of carbonyl (C=O) groups is 1. The molecule has 0 atom stereocenters. The molecule has 0 radical (unpaired) electrons. The molecule has 1 aromatic carbocycles. The predicted octanol–water partition coefficient (Wildman–Crippen LogP) is 1.46. The summed E-state index contributed by atoms with van der Waals surface area (Å²) in [6, 6.07) is 7.41. The highest BCUT2D eigenvalue weighted by Crippen LogP contribution is 2.18. The van der Waals surface area contributed by atoms with Crippen LogP contribution in [-0.2, 0) is 17.6 Å². The van der Waals surface area contributed by atoms with Crippen LogP contribution >= 0.6 is 15.9 Å². The topological polar surface area (TPSA) is 103 Å². The maximum absolute atomic E-state index is 11.6. The molecular weight excluding hydrogens is 328 g/mol. The second-order valence-electron chi connectivity index (χ2n) is 4.15. The van der Waals surface area contributed by atoms with Crippen LogP contribution in [0.25, 0.3) is 0 Å². The minimum absolute atomic E-state index is 0.136. The average molecular weight is 339 g/mol. The molecule has 0 saturated carbocycles. The van der Waals surface area contributed by atoms with Crippen molar-refractivity contribution in [1.29, 1.82) is 0 Å². The first-order chi connectivity index (χ1) is 9.47. The van der Waals surface area contributed by atoms with E-state index in [0.29, 0.717) is 12.2 Å². The van der Waals surface area contributed by atoms with Crippen molar-refractivity contribution in [3.05, 3.63) is 56.2 Å². The van der Waals surface area contributed by atoms with Crippen molar-refractivity contribution in [3.8, 4) is 5.75 Å². The van der Waals surface area contributed by atoms with Gasteiger partial charge < -0.3 is 15.2 Å². The van der Waals surface area contributed by atoms with Gasteiger partial charge in [0.15, 0.2) is 0 Å². The lowest BCUT2D eigenvalue weighted by Gasteiger charge is -2.06. The van der Waals surface area contributed by atoms with Gasteiger partial charge in [-0.25, -0.2) is 4.98 Å². The molecule has 6 nitrogen and oxygen atoms in total. The summed E-state index contributed by atoms with van der Waals surface area (Å²) < 4.78 is 0.857. The Morgan fingerprint density at radius 1 is 1.35 bits per heavy atom. The summed E-state index contributed by atoms with van der Waals surface area (Å²) in [6.45, 7) is 0. The Hall–Kier alpha value is -2.15. The van der Waals surface area contributed by atoms with Crippen LogP contribution in [0.4, 0.5) is 0 Å². The van der Waals surface area contributed by atoms with E-state index in [-0.39, 0.29) is 5.69 Å². The van der Waals surface area contributed by atoms with E-state index in [1.165, 1.54) is 0 Å². The fourth-order valence-corrected chi connectivity index (χ4v) is 2.16. The number of aliphatic carboxylic acids is 1. The lowest BCUT2D eigenvalue weighted by Crippen LogP contribution is -2.16. The van der Waals surface area contributed by atoms with Gasteiger partial charge in [-0.05, 0) is 11.6 Å². The molecule has 0 bridgehead atoms. The number of aromatic amines is 1. The van der Waals surface area contributed by atoms with Crippen LogP contribution in [-0.4, -0.2) is 26.2 Å². The smallest absolute Gasteiger partial charge is 0.309 e. The van der Waals surface area contributed by atoms with Crippen LogP contribution in [0.5, 0.6) is 5.75 Å². The molecule has 1 heterocycles. The molecule has 0 saturated heterocycles. The Bertz CT molecular complexity index is 712. The van der Waals surface area contributed by atoms with Gasteiger partial charge >= 0.3 is 5.97 Å². The maximum atomic E-state index is 11.6. The number of benzene rings is 1. The second kappa shape index (κ2) is 5.87. The van der Waals surface area contributed by atoms with Crippen molar-refractivity contribution in [2.75, 3.05) is 0 Å². The van der Waals surface area contributed by atoms with Gasteiger partial charge in [0.1, 0.15) is 11.5 Å². The summed E-state index contributed by atoms with van der Waals surface area (Å²) in [5.41, 5.74) is 0.0178. The molecule has 3 N–H and O–H groups in total. The Labute approximate surface area is 122 Å². The van der Waals surface area contributed by atoms with E-state index in [2.05, 4.69) is 25.9 Å². The fraction of sp³-hybridized carbons (Fsp3) is 0.154. The number of H-pyrrole nitrogens is 1. The van der Waals surface area contributed by atoms with Crippen LogP contribution in [0.15, 0.2) is 33.5 Å². The van der Waals surface area contributed by atoms with E-state index in [0.717, 1.165) is 10.0 Å². The highest BCUT2D eigenvalue weighted by molar-refractivity contribution is 9.10. The summed E-state index contributed by atoms with van der Waals surface area (Å²) in [4.78, 5) is 28.7. The molecular formula is C13H11BrN2O4. The van der Waals surface area contributed by atoms with Crippen LogP contribution in [0.3, 0.4) is 0 Å². The van der Waals surface area contributed by atoms with Crippen LogP contribution in [0.1, 0.15) is 17.1 Å². The van der Waals surface area contributed by atoms with Crippen molar-refractivity contribution in [2.24, 2.45) is 0 Å². The molecule has 0 spiro atoms. The first kappa shape index (κ1) is 14.3. The van der Waals surface area contributed by atoms with E-state index < -0.39 is 23.7 Å². The zero-order chi connectivity index (χ0) is 14.7. The Morgan fingerprint density at radius 2 is 2.05 bits per heavy atom. The van der Waals surface area contributed by atoms with Gasteiger partial charge in [0.2, 0.25) is 5.75 Å². The predicted molar refractivity (Wildman–Crippen MR) is 74.8 cm³/mol. The quantitative estimate of drug-likeness (QED) is 0.782. The lowest BCUT2D eigenvalue weighted by atomic mass is 10.1. The Morgan fingerprint density at radius 3 is 2.70 bits per heavy atom. The van der Waals surface area contributed by atoms with Gasteiger partial charge in [0.05, 0.1) is 6.42 Å².